The van der Waals surface area contributed by atoms with Crippen LogP contribution in [0.4, 0.5) is 0 Å². The van der Waals surface area contributed by atoms with E-state index in [0.717, 1.165) is 38.9 Å². The number of piperidine rings is 1. The topological polar surface area (TPSA) is 61.4 Å². The predicted octanol–water partition coefficient (Wildman–Crippen LogP) is 1.41. The molecule has 1 aromatic rings. The fourth-order valence-electron chi connectivity index (χ4n) is 2.82. The molecule has 0 spiro atoms. The highest BCUT2D eigenvalue weighted by molar-refractivity contribution is 5.96. The lowest BCUT2D eigenvalue weighted by Gasteiger charge is -2.34. The van der Waals surface area contributed by atoms with E-state index in [1.807, 2.05) is 23.1 Å². The largest absolute Gasteiger partial charge is 0.343 e. The summed E-state index contributed by atoms with van der Waals surface area (Å²) in [6.45, 7) is 4.80. The molecule has 0 saturated carbocycles. The number of rotatable bonds is 6. The van der Waals surface area contributed by atoms with Gasteiger partial charge in [-0.25, -0.2) is 0 Å². The average Bonchev–Trinajstić information content (AvgIpc) is 2.58. The first-order valence-corrected chi connectivity index (χ1v) is 8.05. The van der Waals surface area contributed by atoms with Gasteiger partial charge in [-0.15, -0.1) is 0 Å². The first-order chi connectivity index (χ1) is 10.7. The maximum absolute atomic E-state index is 12.5. The van der Waals surface area contributed by atoms with Crippen LogP contribution in [0, 0.1) is 0 Å². The second kappa shape index (κ2) is 8.54. The number of nitrogens with one attached hydrogen (secondary N) is 2. The van der Waals surface area contributed by atoms with Crippen LogP contribution >= 0.6 is 0 Å². The zero-order chi connectivity index (χ0) is 15.8. The monoisotopic (exact) mass is 303 g/mol. The highest BCUT2D eigenvalue weighted by Crippen LogP contribution is 2.12. The number of carbonyl (C=O) groups is 2. The van der Waals surface area contributed by atoms with Crippen molar-refractivity contribution in [2.24, 2.45) is 0 Å². The normalized spacial score (nSPS) is 15.3. The number of benzene rings is 1. The molecule has 1 saturated heterocycles. The van der Waals surface area contributed by atoms with E-state index in [2.05, 4.69) is 17.6 Å². The van der Waals surface area contributed by atoms with Crippen molar-refractivity contribution >= 4 is 11.8 Å². The summed E-state index contributed by atoms with van der Waals surface area (Å²) >= 11 is 0. The zero-order valence-electron chi connectivity index (χ0n) is 13.2. The molecular weight excluding hydrogens is 278 g/mol. The number of amides is 2. The van der Waals surface area contributed by atoms with Crippen LogP contribution in [-0.2, 0) is 4.79 Å². The second-order valence-corrected chi connectivity index (χ2v) is 5.62. The van der Waals surface area contributed by atoms with E-state index < -0.39 is 0 Å². The van der Waals surface area contributed by atoms with Crippen molar-refractivity contribution in [3.8, 4) is 0 Å². The van der Waals surface area contributed by atoms with Gasteiger partial charge in [-0.1, -0.05) is 25.1 Å². The van der Waals surface area contributed by atoms with Crippen LogP contribution in [0.2, 0.25) is 0 Å². The van der Waals surface area contributed by atoms with Crippen molar-refractivity contribution in [2.75, 3.05) is 26.2 Å². The molecule has 2 amide bonds. The van der Waals surface area contributed by atoms with Crippen molar-refractivity contribution in [2.45, 2.75) is 32.2 Å². The van der Waals surface area contributed by atoms with Crippen LogP contribution in [0.3, 0.4) is 0 Å². The summed E-state index contributed by atoms with van der Waals surface area (Å²) in [5, 5.41) is 6.05. The molecule has 0 aromatic heterocycles. The molecule has 1 heterocycles. The van der Waals surface area contributed by atoms with Crippen LogP contribution in [0.1, 0.15) is 36.5 Å². The molecule has 1 aromatic carbocycles. The van der Waals surface area contributed by atoms with Crippen LogP contribution in [0.15, 0.2) is 30.3 Å². The van der Waals surface area contributed by atoms with Crippen molar-refractivity contribution in [1.82, 2.24) is 15.5 Å². The Hall–Kier alpha value is -1.88. The Morgan fingerprint density at radius 1 is 1.23 bits per heavy atom. The first kappa shape index (κ1) is 16.5. The molecule has 120 valence electrons. The van der Waals surface area contributed by atoms with Crippen LogP contribution in [0.5, 0.6) is 0 Å². The Kier molecular flexibility index (Phi) is 6.40. The molecule has 0 unspecified atom stereocenters. The molecular formula is C17H25N3O2. The van der Waals surface area contributed by atoms with Crippen LogP contribution in [0.25, 0.3) is 0 Å². The molecule has 0 atom stereocenters. The van der Waals surface area contributed by atoms with Gasteiger partial charge in [0.1, 0.15) is 0 Å². The van der Waals surface area contributed by atoms with Gasteiger partial charge < -0.3 is 15.5 Å². The Morgan fingerprint density at radius 3 is 2.55 bits per heavy atom. The van der Waals surface area contributed by atoms with E-state index in [9.17, 15) is 9.59 Å². The lowest BCUT2D eigenvalue weighted by molar-refractivity contribution is -0.133. The Bertz CT molecular complexity index is 484. The SMILES string of the molecule is CCCN(C(=O)CNC(=O)c1ccccc1)C1CCNCC1. The third kappa shape index (κ3) is 4.56. The minimum absolute atomic E-state index is 0.0121. The highest BCUT2D eigenvalue weighted by atomic mass is 16.2. The van der Waals surface area contributed by atoms with E-state index in [-0.39, 0.29) is 18.4 Å². The Labute approximate surface area is 132 Å². The summed E-state index contributed by atoms with van der Waals surface area (Å²) in [5.74, 6) is -0.186. The molecule has 1 aliphatic rings. The molecule has 2 N–H and O–H groups in total. The maximum atomic E-state index is 12.5. The van der Waals surface area contributed by atoms with Crippen molar-refractivity contribution in [1.29, 1.82) is 0 Å². The van der Waals surface area contributed by atoms with Gasteiger partial charge in [-0.3, -0.25) is 9.59 Å². The average molecular weight is 303 g/mol. The van der Waals surface area contributed by atoms with Crippen molar-refractivity contribution < 1.29 is 9.59 Å². The summed E-state index contributed by atoms with van der Waals surface area (Å²) in [6.07, 6.45) is 2.90. The quantitative estimate of drug-likeness (QED) is 0.835. The van der Waals surface area contributed by atoms with Crippen molar-refractivity contribution in [3.05, 3.63) is 35.9 Å². The number of hydrogen-bond acceptors (Lipinski definition) is 3. The van der Waals surface area contributed by atoms with Gasteiger partial charge in [-0.05, 0) is 44.5 Å². The lowest BCUT2D eigenvalue weighted by Crippen LogP contribution is -2.49. The van der Waals surface area contributed by atoms with Crippen LogP contribution < -0.4 is 10.6 Å². The van der Waals surface area contributed by atoms with E-state index in [1.165, 1.54) is 0 Å². The maximum Gasteiger partial charge on any atom is 0.251 e. The molecule has 1 fully saturated rings. The summed E-state index contributed by atoms with van der Waals surface area (Å²) in [6, 6.07) is 9.28. The molecule has 5 nitrogen and oxygen atoms in total. The predicted molar refractivity (Wildman–Crippen MR) is 86.7 cm³/mol. The van der Waals surface area contributed by atoms with Gasteiger partial charge in [0.05, 0.1) is 6.54 Å². The third-order valence-electron chi connectivity index (χ3n) is 3.97. The summed E-state index contributed by atoms with van der Waals surface area (Å²) < 4.78 is 0. The summed E-state index contributed by atoms with van der Waals surface area (Å²) in [4.78, 5) is 26.4. The Morgan fingerprint density at radius 2 is 1.91 bits per heavy atom. The number of nitrogens with zero attached hydrogens (tertiary/aromatic N) is 1. The number of hydrogen-bond donors (Lipinski definition) is 2. The summed E-state index contributed by atoms with van der Waals surface area (Å²) in [5.41, 5.74) is 0.583. The minimum atomic E-state index is -0.198. The lowest BCUT2D eigenvalue weighted by atomic mass is 10.0. The molecule has 22 heavy (non-hydrogen) atoms. The Balaban J connectivity index is 1.89. The fraction of sp³-hybridized carbons (Fsp3) is 0.529. The molecule has 0 aliphatic carbocycles. The minimum Gasteiger partial charge on any atom is -0.343 e. The molecule has 0 bridgehead atoms. The fourth-order valence-corrected chi connectivity index (χ4v) is 2.82. The molecule has 0 radical (unpaired) electrons. The van der Waals surface area contributed by atoms with E-state index in [1.54, 1.807) is 12.1 Å². The van der Waals surface area contributed by atoms with Crippen LogP contribution in [-0.4, -0.2) is 48.9 Å². The van der Waals surface area contributed by atoms with E-state index in [0.29, 0.717) is 11.6 Å². The van der Waals surface area contributed by atoms with Crippen molar-refractivity contribution in [3.63, 3.8) is 0 Å². The van der Waals surface area contributed by atoms with Gasteiger partial charge in [0.25, 0.3) is 5.91 Å². The second-order valence-electron chi connectivity index (χ2n) is 5.62. The van der Waals surface area contributed by atoms with Gasteiger partial charge in [-0.2, -0.15) is 0 Å². The van der Waals surface area contributed by atoms with E-state index >= 15 is 0 Å². The molecule has 1 aliphatic heterocycles. The highest BCUT2D eigenvalue weighted by Gasteiger charge is 2.24. The summed E-state index contributed by atoms with van der Waals surface area (Å²) in [7, 11) is 0. The standard InChI is InChI=1S/C17H25N3O2/c1-2-12-20(15-8-10-18-11-9-15)16(21)13-19-17(22)14-6-4-3-5-7-14/h3-7,15,18H,2,8-13H2,1H3,(H,19,22). The van der Waals surface area contributed by atoms with Gasteiger partial charge in [0.15, 0.2) is 0 Å². The van der Waals surface area contributed by atoms with Gasteiger partial charge >= 0.3 is 0 Å². The first-order valence-electron chi connectivity index (χ1n) is 8.05. The third-order valence-corrected chi connectivity index (χ3v) is 3.97. The van der Waals surface area contributed by atoms with E-state index in [4.69, 9.17) is 0 Å². The molecule has 2 rings (SSSR count). The van der Waals surface area contributed by atoms with Gasteiger partial charge in [0, 0.05) is 18.2 Å². The molecule has 5 heteroatoms. The number of carbonyl (C=O) groups excluding carboxylic acids is 2. The van der Waals surface area contributed by atoms with Gasteiger partial charge in [0.2, 0.25) is 5.91 Å². The zero-order valence-corrected chi connectivity index (χ0v) is 13.2. The smallest absolute Gasteiger partial charge is 0.251 e.